The van der Waals surface area contributed by atoms with Crippen LogP contribution in [0.3, 0.4) is 0 Å². The molecule has 0 aromatic heterocycles. The monoisotopic (exact) mass is 261 g/mol. The highest BCUT2D eigenvalue weighted by atomic mass is 16.7. The van der Waals surface area contributed by atoms with Crippen molar-refractivity contribution in [3.8, 4) is 0 Å². The first kappa shape index (κ1) is 17.0. The summed E-state index contributed by atoms with van der Waals surface area (Å²) in [5.41, 5.74) is -0.868. The number of aldehydes is 1. The van der Waals surface area contributed by atoms with Crippen LogP contribution in [0.25, 0.3) is 0 Å². The highest BCUT2D eigenvalue weighted by molar-refractivity contribution is 5.67. The number of aliphatic hydroxyl groups excluding tert-OH is 1. The van der Waals surface area contributed by atoms with Crippen molar-refractivity contribution in [2.24, 2.45) is 11.3 Å². The van der Waals surface area contributed by atoms with E-state index in [9.17, 15) is 19.8 Å². The molecule has 0 aromatic rings. The van der Waals surface area contributed by atoms with E-state index < -0.39 is 29.7 Å². The van der Waals surface area contributed by atoms with Crippen molar-refractivity contribution in [2.75, 3.05) is 14.2 Å². The zero-order valence-electron chi connectivity index (χ0n) is 11.2. The summed E-state index contributed by atoms with van der Waals surface area (Å²) >= 11 is 0. The molecule has 0 fully saturated rings. The van der Waals surface area contributed by atoms with E-state index in [0.717, 1.165) is 0 Å². The fourth-order valence-electron chi connectivity index (χ4n) is 1.76. The molecule has 6 nitrogen and oxygen atoms in total. The maximum atomic E-state index is 11.0. The molecule has 0 aromatic carbocycles. The number of methoxy groups -OCH3 is 2. The van der Waals surface area contributed by atoms with Crippen molar-refractivity contribution in [3.05, 3.63) is 0 Å². The van der Waals surface area contributed by atoms with Gasteiger partial charge in [-0.3, -0.25) is 0 Å². The lowest BCUT2D eigenvalue weighted by Crippen LogP contribution is -2.39. The van der Waals surface area contributed by atoms with Crippen LogP contribution in [-0.4, -0.2) is 44.0 Å². The normalized spacial score (nSPS) is 15.4. The number of carbonyl (C=O) groups is 2. The van der Waals surface area contributed by atoms with E-state index >= 15 is 0 Å². The van der Waals surface area contributed by atoms with Crippen LogP contribution in [0.5, 0.6) is 0 Å². The van der Waals surface area contributed by atoms with Gasteiger partial charge in [-0.1, -0.05) is 13.8 Å². The number of aliphatic carboxylic acids is 1. The molecular weight excluding hydrogens is 240 g/mol. The van der Waals surface area contributed by atoms with E-state index in [1.165, 1.54) is 14.2 Å². The van der Waals surface area contributed by atoms with Crippen LogP contribution in [0, 0.1) is 11.3 Å². The Bertz CT molecular complexity index is 272. The summed E-state index contributed by atoms with van der Waals surface area (Å²) in [4.78, 5) is 21.7. The number of hydrogen-bond acceptors (Lipinski definition) is 6. The van der Waals surface area contributed by atoms with E-state index in [1.807, 2.05) is 0 Å². The van der Waals surface area contributed by atoms with Gasteiger partial charge in [-0.2, -0.15) is 0 Å². The van der Waals surface area contributed by atoms with Crippen molar-refractivity contribution in [3.63, 3.8) is 0 Å². The maximum absolute atomic E-state index is 11.0. The Morgan fingerprint density at radius 3 is 2.22 bits per heavy atom. The molecule has 1 N–H and O–H groups in total. The lowest BCUT2D eigenvalue weighted by molar-refractivity contribution is -0.307. The van der Waals surface area contributed by atoms with Gasteiger partial charge >= 0.3 is 0 Å². The van der Waals surface area contributed by atoms with Gasteiger partial charge < -0.3 is 29.3 Å². The molecule has 6 heteroatoms. The third-order valence-corrected chi connectivity index (χ3v) is 3.07. The smallest absolute Gasteiger partial charge is 0.182 e. The minimum atomic E-state index is -1.26. The van der Waals surface area contributed by atoms with Gasteiger partial charge in [0, 0.05) is 25.6 Å². The molecule has 0 radical (unpaired) electrons. The van der Waals surface area contributed by atoms with Crippen molar-refractivity contribution in [2.45, 2.75) is 39.1 Å². The number of hydrogen-bond donors (Lipinski definition) is 1. The average molecular weight is 261 g/mol. The summed E-state index contributed by atoms with van der Waals surface area (Å²) in [6, 6.07) is 0. The summed E-state index contributed by atoms with van der Waals surface area (Å²) in [7, 11) is 2.74. The Balaban J connectivity index is 4.78. The predicted octanol–water partition coefficient (Wildman–Crippen LogP) is -0.662. The summed E-state index contributed by atoms with van der Waals surface area (Å²) in [5, 5.41) is 20.6. The molecule has 106 valence electrons. The molecule has 0 aliphatic rings. The first-order chi connectivity index (χ1) is 8.28. The minimum absolute atomic E-state index is 0.0755. The zero-order valence-corrected chi connectivity index (χ0v) is 11.2. The van der Waals surface area contributed by atoms with E-state index in [2.05, 4.69) is 0 Å². The summed E-state index contributed by atoms with van der Waals surface area (Å²) < 4.78 is 9.78. The molecule has 0 saturated carbocycles. The third-order valence-electron chi connectivity index (χ3n) is 3.07. The molecule has 0 aliphatic carbocycles. The molecule has 2 unspecified atom stereocenters. The Morgan fingerprint density at radius 2 is 1.89 bits per heavy atom. The standard InChI is InChI=1S/C12H22O6/c1-12(2,7-13)8(6-10(15)16)5-9(14)11(17-3)18-4/h7-9,11,14H,5-6H2,1-4H3,(H,15,16)/p-1. The van der Waals surface area contributed by atoms with E-state index in [0.29, 0.717) is 6.29 Å². The molecule has 18 heavy (non-hydrogen) atoms. The fraction of sp³-hybridized carbons (Fsp3) is 0.833. The second kappa shape index (κ2) is 7.45. The topological polar surface area (TPSA) is 95.9 Å². The Hall–Kier alpha value is -0.980. The van der Waals surface area contributed by atoms with Crippen LogP contribution in [0.4, 0.5) is 0 Å². The molecule has 2 atom stereocenters. The molecule has 0 saturated heterocycles. The molecule has 0 spiro atoms. The van der Waals surface area contributed by atoms with Crippen molar-refractivity contribution in [1.82, 2.24) is 0 Å². The predicted molar refractivity (Wildman–Crippen MR) is 61.4 cm³/mol. The first-order valence-corrected chi connectivity index (χ1v) is 5.68. The first-order valence-electron chi connectivity index (χ1n) is 5.68. The zero-order chi connectivity index (χ0) is 14.3. The van der Waals surface area contributed by atoms with Gasteiger partial charge in [-0.15, -0.1) is 0 Å². The van der Waals surface area contributed by atoms with Gasteiger partial charge in [0.15, 0.2) is 6.29 Å². The van der Waals surface area contributed by atoms with Gasteiger partial charge in [-0.05, 0) is 18.8 Å². The average Bonchev–Trinajstić information content (AvgIpc) is 2.29. The Morgan fingerprint density at radius 1 is 1.39 bits per heavy atom. The lowest BCUT2D eigenvalue weighted by atomic mass is 9.75. The summed E-state index contributed by atoms with van der Waals surface area (Å²) in [6.45, 7) is 3.24. The summed E-state index contributed by atoms with van der Waals surface area (Å²) in [5.74, 6) is -1.81. The second-order valence-electron chi connectivity index (χ2n) is 4.86. The fourth-order valence-corrected chi connectivity index (χ4v) is 1.76. The Kier molecular flexibility index (Phi) is 7.05. The van der Waals surface area contributed by atoms with Crippen molar-refractivity contribution in [1.29, 1.82) is 0 Å². The van der Waals surface area contributed by atoms with E-state index in [4.69, 9.17) is 9.47 Å². The molecule has 0 aliphatic heterocycles. The number of ether oxygens (including phenoxy) is 2. The molecular formula is C12H21O6-. The van der Waals surface area contributed by atoms with Crippen LogP contribution >= 0.6 is 0 Å². The van der Waals surface area contributed by atoms with Gasteiger partial charge in [0.05, 0.1) is 0 Å². The van der Waals surface area contributed by atoms with Crippen molar-refractivity contribution < 1.29 is 29.3 Å². The number of carbonyl (C=O) groups excluding carboxylic acids is 2. The van der Waals surface area contributed by atoms with Gasteiger partial charge in [-0.25, -0.2) is 0 Å². The number of carboxylic acid groups (broad SMARTS) is 1. The van der Waals surface area contributed by atoms with Gasteiger partial charge in [0.25, 0.3) is 0 Å². The highest BCUT2D eigenvalue weighted by Gasteiger charge is 2.33. The molecule has 0 amide bonds. The number of carboxylic acids is 1. The van der Waals surface area contributed by atoms with Crippen LogP contribution in [-0.2, 0) is 19.1 Å². The number of aliphatic hydroxyl groups is 1. The van der Waals surface area contributed by atoms with E-state index in [1.54, 1.807) is 13.8 Å². The highest BCUT2D eigenvalue weighted by Crippen LogP contribution is 2.31. The maximum Gasteiger partial charge on any atom is 0.182 e. The Labute approximate surface area is 107 Å². The third kappa shape index (κ3) is 5.12. The largest absolute Gasteiger partial charge is 0.550 e. The van der Waals surface area contributed by atoms with Crippen LogP contribution < -0.4 is 5.11 Å². The molecule has 0 bridgehead atoms. The number of rotatable bonds is 9. The summed E-state index contributed by atoms with van der Waals surface area (Å²) in [6.07, 6.45) is -1.41. The minimum Gasteiger partial charge on any atom is -0.550 e. The quantitative estimate of drug-likeness (QED) is 0.437. The van der Waals surface area contributed by atoms with Crippen LogP contribution in [0.15, 0.2) is 0 Å². The SMILES string of the molecule is COC(OC)C(O)CC(CC(=O)[O-])C(C)(C)C=O. The van der Waals surface area contributed by atoms with E-state index in [-0.39, 0.29) is 12.8 Å². The van der Waals surface area contributed by atoms with Crippen LogP contribution in [0.1, 0.15) is 26.7 Å². The van der Waals surface area contributed by atoms with Gasteiger partial charge in [0.1, 0.15) is 12.4 Å². The molecule has 0 rings (SSSR count). The van der Waals surface area contributed by atoms with Crippen LogP contribution in [0.2, 0.25) is 0 Å². The van der Waals surface area contributed by atoms with Gasteiger partial charge in [0.2, 0.25) is 0 Å². The second-order valence-corrected chi connectivity index (χ2v) is 4.86. The molecule has 0 heterocycles. The lowest BCUT2D eigenvalue weighted by Gasteiger charge is -2.32. The van der Waals surface area contributed by atoms with Crippen molar-refractivity contribution >= 4 is 12.3 Å².